The number of hydrogen-bond acceptors (Lipinski definition) is 6. The van der Waals surface area contributed by atoms with Crippen molar-refractivity contribution in [1.82, 2.24) is 19.9 Å². The molecule has 1 aliphatic rings. The van der Waals surface area contributed by atoms with E-state index in [2.05, 4.69) is 10.3 Å². The van der Waals surface area contributed by atoms with Crippen molar-refractivity contribution < 1.29 is 9.53 Å². The number of halogens is 1. The van der Waals surface area contributed by atoms with Gasteiger partial charge in [0.15, 0.2) is 0 Å². The van der Waals surface area contributed by atoms with E-state index in [1.54, 1.807) is 17.3 Å². The summed E-state index contributed by atoms with van der Waals surface area (Å²) < 4.78 is 5.53. The Morgan fingerprint density at radius 3 is 2.53 bits per heavy atom. The number of carbonyl (C=O) groups excluding carboxylic acids is 1. The standard InChI is InChI=1S/C24H26ClN5O2/c1-24(2,3)32-23(31)30-13-10-17(15-30)22-28-20(16-8-11-26-12-9-16)14-21(29-22)27-19-6-4-18(25)5-7-19/h4-9,11-12,14,17H,10,13,15H2,1-3H3,(H,27,28,29)/t17-/m1/s1. The lowest BCUT2D eigenvalue weighted by atomic mass is 10.1. The third kappa shape index (κ3) is 5.53. The van der Waals surface area contributed by atoms with Crippen molar-refractivity contribution in [2.45, 2.75) is 38.7 Å². The minimum absolute atomic E-state index is 0.0232. The maximum Gasteiger partial charge on any atom is 0.410 e. The first-order valence-corrected chi connectivity index (χ1v) is 10.9. The van der Waals surface area contributed by atoms with Gasteiger partial charge >= 0.3 is 6.09 Å². The van der Waals surface area contributed by atoms with Crippen LogP contribution in [0.25, 0.3) is 11.3 Å². The van der Waals surface area contributed by atoms with Crippen LogP contribution in [-0.4, -0.2) is 44.6 Å². The smallest absolute Gasteiger partial charge is 0.410 e. The number of amides is 1. The number of rotatable bonds is 4. The molecule has 1 amide bonds. The van der Waals surface area contributed by atoms with Crippen molar-refractivity contribution in [1.29, 1.82) is 0 Å². The van der Waals surface area contributed by atoms with Crippen LogP contribution in [0.15, 0.2) is 54.9 Å². The van der Waals surface area contributed by atoms with Gasteiger partial charge in [0.05, 0.1) is 5.69 Å². The number of carbonyl (C=O) groups is 1. The topological polar surface area (TPSA) is 80.2 Å². The van der Waals surface area contributed by atoms with Crippen LogP contribution in [0.1, 0.15) is 38.9 Å². The van der Waals surface area contributed by atoms with Crippen LogP contribution in [0.4, 0.5) is 16.3 Å². The first-order valence-electron chi connectivity index (χ1n) is 10.6. The molecule has 8 heteroatoms. The van der Waals surface area contributed by atoms with E-state index in [1.807, 2.05) is 63.2 Å². The van der Waals surface area contributed by atoms with Crippen LogP contribution >= 0.6 is 11.6 Å². The van der Waals surface area contributed by atoms with Gasteiger partial charge in [0.1, 0.15) is 17.2 Å². The van der Waals surface area contributed by atoms with Crippen molar-refractivity contribution in [3.63, 3.8) is 0 Å². The molecule has 1 atom stereocenters. The van der Waals surface area contributed by atoms with Gasteiger partial charge in [-0.2, -0.15) is 0 Å². The first-order chi connectivity index (χ1) is 15.3. The molecule has 1 aliphatic heterocycles. The highest BCUT2D eigenvalue weighted by Crippen LogP contribution is 2.30. The molecule has 1 N–H and O–H groups in total. The Hall–Kier alpha value is -3.19. The molecule has 0 spiro atoms. The second-order valence-corrected chi connectivity index (χ2v) is 9.21. The van der Waals surface area contributed by atoms with E-state index < -0.39 is 5.60 Å². The van der Waals surface area contributed by atoms with Gasteiger partial charge in [0.2, 0.25) is 0 Å². The summed E-state index contributed by atoms with van der Waals surface area (Å²) in [5.74, 6) is 1.40. The van der Waals surface area contributed by atoms with Crippen LogP contribution in [0.5, 0.6) is 0 Å². The van der Waals surface area contributed by atoms with E-state index in [9.17, 15) is 4.79 Å². The molecule has 0 bridgehead atoms. The molecule has 32 heavy (non-hydrogen) atoms. The molecule has 0 saturated carbocycles. The Bertz CT molecular complexity index is 1080. The first kappa shape index (κ1) is 22.0. The number of aromatic nitrogens is 3. The summed E-state index contributed by atoms with van der Waals surface area (Å²) in [5, 5.41) is 4.01. The Kier molecular flexibility index (Phi) is 6.28. The van der Waals surface area contributed by atoms with E-state index in [0.717, 1.165) is 23.4 Å². The van der Waals surface area contributed by atoms with E-state index in [0.29, 0.717) is 29.8 Å². The Morgan fingerprint density at radius 2 is 1.84 bits per heavy atom. The fourth-order valence-electron chi connectivity index (χ4n) is 3.53. The van der Waals surface area contributed by atoms with Crippen molar-refractivity contribution in [3.8, 4) is 11.3 Å². The summed E-state index contributed by atoms with van der Waals surface area (Å²) >= 11 is 6.01. The van der Waals surface area contributed by atoms with Crippen molar-refractivity contribution in [2.24, 2.45) is 0 Å². The Labute approximate surface area is 192 Å². The number of nitrogens with one attached hydrogen (secondary N) is 1. The molecule has 1 saturated heterocycles. The predicted octanol–water partition coefficient (Wildman–Crippen LogP) is 5.66. The average molecular weight is 452 g/mol. The molecule has 1 fully saturated rings. The maximum atomic E-state index is 12.5. The Balaban J connectivity index is 1.61. The van der Waals surface area contributed by atoms with Crippen molar-refractivity contribution in [2.75, 3.05) is 18.4 Å². The van der Waals surface area contributed by atoms with Gasteiger partial charge in [0.25, 0.3) is 0 Å². The van der Waals surface area contributed by atoms with Gasteiger partial charge < -0.3 is 15.0 Å². The average Bonchev–Trinajstić information content (AvgIpc) is 3.25. The fourth-order valence-corrected chi connectivity index (χ4v) is 3.65. The highest BCUT2D eigenvalue weighted by Gasteiger charge is 2.32. The number of pyridine rings is 1. The van der Waals surface area contributed by atoms with Gasteiger partial charge in [0, 0.05) is 53.7 Å². The second-order valence-electron chi connectivity index (χ2n) is 8.78. The molecule has 166 valence electrons. The number of anilines is 2. The minimum Gasteiger partial charge on any atom is -0.444 e. The van der Waals surface area contributed by atoms with Crippen molar-refractivity contribution in [3.05, 3.63) is 65.7 Å². The third-order valence-electron chi connectivity index (χ3n) is 5.04. The normalized spacial score (nSPS) is 16.1. The Morgan fingerprint density at radius 1 is 1.12 bits per heavy atom. The largest absolute Gasteiger partial charge is 0.444 e. The van der Waals surface area contributed by atoms with Crippen LogP contribution in [0.3, 0.4) is 0 Å². The van der Waals surface area contributed by atoms with E-state index in [1.165, 1.54) is 0 Å². The molecule has 3 heterocycles. The lowest BCUT2D eigenvalue weighted by Crippen LogP contribution is -2.35. The summed E-state index contributed by atoms with van der Waals surface area (Å²) in [7, 11) is 0. The fraction of sp³-hybridized carbons (Fsp3) is 0.333. The van der Waals surface area contributed by atoms with E-state index in [-0.39, 0.29) is 12.0 Å². The van der Waals surface area contributed by atoms with Gasteiger partial charge in [-0.3, -0.25) is 4.98 Å². The lowest BCUT2D eigenvalue weighted by Gasteiger charge is -2.24. The van der Waals surface area contributed by atoms with E-state index >= 15 is 0 Å². The summed E-state index contributed by atoms with van der Waals surface area (Å²) in [6, 6.07) is 13.2. The predicted molar refractivity (Wildman–Crippen MR) is 125 cm³/mol. The quantitative estimate of drug-likeness (QED) is 0.551. The van der Waals surface area contributed by atoms with Gasteiger partial charge in [-0.25, -0.2) is 14.8 Å². The van der Waals surface area contributed by atoms with Crippen LogP contribution in [-0.2, 0) is 4.74 Å². The third-order valence-corrected chi connectivity index (χ3v) is 5.29. The lowest BCUT2D eigenvalue weighted by molar-refractivity contribution is 0.0292. The molecular weight excluding hydrogens is 426 g/mol. The van der Waals surface area contributed by atoms with Crippen molar-refractivity contribution >= 4 is 29.2 Å². The monoisotopic (exact) mass is 451 g/mol. The molecular formula is C24H26ClN5O2. The molecule has 0 radical (unpaired) electrons. The molecule has 1 aromatic carbocycles. The molecule has 0 aliphatic carbocycles. The zero-order chi connectivity index (χ0) is 22.7. The number of ether oxygens (including phenoxy) is 1. The second kappa shape index (κ2) is 9.12. The molecule has 7 nitrogen and oxygen atoms in total. The minimum atomic E-state index is -0.525. The van der Waals surface area contributed by atoms with Gasteiger partial charge in [-0.15, -0.1) is 0 Å². The zero-order valence-corrected chi connectivity index (χ0v) is 19.1. The van der Waals surface area contributed by atoms with Crippen LogP contribution < -0.4 is 5.32 Å². The van der Waals surface area contributed by atoms with Crippen LogP contribution in [0.2, 0.25) is 5.02 Å². The van der Waals surface area contributed by atoms with Crippen LogP contribution in [0, 0.1) is 0 Å². The summed E-state index contributed by atoms with van der Waals surface area (Å²) in [6.07, 6.45) is 3.95. The molecule has 3 aromatic rings. The molecule has 2 aromatic heterocycles. The zero-order valence-electron chi connectivity index (χ0n) is 18.4. The summed E-state index contributed by atoms with van der Waals surface area (Å²) in [4.78, 5) is 27.9. The molecule has 4 rings (SSSR count). The highest BCUT2D eigenvalue weighted by atomic mass is 35.5. The maximum absolute atomic E-state index is 12.5. The molecule has 0 unspecified atom stereocenters. The summed E-state index contributed by atoms with van der Waals surface area (Å²) in [6.45, 7) is 6.74. The number of nitrogens with zero attached hydrogens (tertiary/aromatic N) is 4. The number of hydrogen-bond donors (Lipinski definition) is 1. The van der Waals surface area contributed by atoms with Gasteiger partial charge in [-0.05, 0) is 63.6 Å². The SMILES string of the molecule is CC(C)(C)OC(=O)N1CC[C@@H](c2nc(Nc3ccc(Cl)cc3)cc(-c3ccncc3)n2)C1. The number of benzene rings is 1. The van der Waals surface area contributed by atoms with E-state index in [4.69, 9.17) is 26.3 Å². The van der Waals surface area contributed by atoms with Gasteiger partial charge in [-0.1, -0.05) is 11.6 Å². The highest BCUT2D eigenvalue weighted by molar-refractivity contribution is 6.30. The summed E-state index contributed by atoms with van der Waals surface area (Å²) in [5.41, 5.74) is 2.10. The number of likely N-dealkylation sites (tertiary alicyclic amines) is 1.